The second-order valence-electron chi connectivity index (χ2n) is 4.87. The maximum Gasteiger partial charge on any atom is 0.338 e. The Hall–Kier alpha value is -2.62. The molecule has 2 aromatic carbocycles. The number of amides is 1. The van der Waals surface area contributed by atoms with Crippen molar-refractivity contribution in [2.45, 2.75) is 20.0 Å². The Kier molecular flexibility index (Phi) is 4.72. The lowest BCUT2D eigenvalue weighted by Gasteiger charge is -2.09. The van der Waals surface area contributed by atoms with Gasteiger partial charge in [0.25, 0.3) is 0 Å². The van der Waals surface area contributed by atoms with Gasteiger partial charge in [-0.2, -0.15) is 0 Å². The van der Waals surface area contributed by atoms with E-state index in [1.807, 2.05) is 50.2 Å². The van der Waals surface area contributed by atoms with Gasteiger partial charge in [0.05, 0.1) is 11.7 Å². The van der Waals surface area contributed by atoms with Crippen LogP contribution in [0.2, 0.25) is 0 Å². The fraction of sp³-hybridized carbons (Fsp3) is 0.176. The Morgan fingerprint density at radius 2 is 1.81 bits per heavy atom. The normalized spacial score (nSPS) is 10.2. The molecule has 1 N–H and O–H groups in total. The molecule has 4 nitrogen and oxygen atoms in total. The second kappa shape index (κ2) is 6.70. The van der Waals surface area contributed by atoms with E-state index in [1.54, 1.807) is 12.1 Å². The fourth-order valence-electron chi connectivity index (χ4n) is 1.94. The van der Waals surface area contributed by atoms with Crippen molar-refractivity contribution in [3.05, 3.63) is 54.1 Å². The molecule has 2 rings (SSSR count). The molecule has 21 heavy (non-hydrogen) atoms. The molecule has 0 bridgehead atoms. The van der Waals surface area contributed by atoms with Crippen molar-refractivity contribution in [1.82, 2.24) is 0 Å². The van der Waals surface area contributed by atoms with Gasteiger partial charge >= 0.3 is 5.97 Å². The van der Waals surface area contributed by atoms with Crippen molar-refractivity contribution in [3.63, 3.8) is 0 Å². The Morgan fingerprint density at radius 1 is 1.10 bits per heavy atom. The molecule has 0 aromatic heterocycles. The van der Waals surface area contributed by atoms with Gasteiger partial charge in [-0.15, -0.1) is 0 Å². The number of hydrogen-bond acceptors (Lipinski definition) is 3. The van der Waals surface area contributed by atoms with E-state index in [2.05, 4.69) is 5.32 Å². The number of nitrogens with one attached hydrogen (secondary N) is 1. The molecular weight excluding hydrogens is 266 g/mol. The van der Waals surface area contributed by atoms with Gasteiger partial charge < -0.3 is 10.1 Å². The van der Waals surface area contributed by atoms with E-state index in [0.29, 0.717) is 12.0 Å². The minimum absolute atomic E-state index is 0.136. The molecular formula is C17H17NO3. The third-order valence-corrected chi connectivity index (χ3v) is 2.88. The van der Waals surface area contributed by atoms with Gasteiger partial charge in [-0.05, 0) is 49.2 Å². The molecule has 0 aliphatic heterocycles. The molecule has 4 heteroatoms. The SMILES string of the molecule is CC(C)OC(=O)c1ccc(-c2cccc(NC=O)c2)cc1. The number of rotatable bonds is 5. The molecule has 0 aliphatic carbocycles. The van der Waals surface area contributed by atoms with Crippen molar-refractivity contribution in [1.29, 1.82) is 0 Å². The first kappa shape index (κ1) is 14.8. The van der Waals surface area contributed by atoms with Crippen molar-refractivity contribution in [3.8, 4) is 11.1 Å². The molecule has 0 fully saturated rings. The highest BCUT2D eigenvalue weighted by Crippen LogP contribution is 2.23. The third-order valence-electron chi connectivity index (χ3n) is 2.88. The Morgan fingerprint density at radius 3 is 2.43 bits per heavy atom. The number of esters is 1. The average Bonchev–Trinajstić information content (AvgIpc) is 2.47. The summed E-state index contributed by atoms with van der Waals surface area (Å²) in [6, 6.07) is 14.7. The molecule has 1 amide bonds. The molecule has 0 heterocycles. The Labute approximate surface area is 123 Å². The number of carbonyl (C=O) groups excluding carboxylic acids is 2. The Balaban J connectivity index is 2.20. The maximum atomic E-state index is 11.8. The number of ether oxygens (including phenoxy) is 1. The summed E-state index contributed by atoms with van der Waals surface area (Å²) in [7, 11) is 0. The van der Waals surface area contributed by atoms with Crippen LogP contribution in [-0.4, -0.2) is 18.5 Å². The fourth-order valence-corrected chi connectivity index (χ4v) is 1.94. The van der Waals surface area contributed by atoms with Gasteiger partial charge in [-0.1, -0.05) is 24.3 Å². The summed E-state index contributed by atoms with van der Waals surface area (Å²) in [4.78, 5) is 22.2. The van der Waals surface area contributed by atoms with Crippen molar-refractivity contribution in [2.75, 3.05) is 5.32 Å². The van der Waals surface area contributed by atoms with Gasteiger partial charge in [0.1, 0.15) is 0 Å². The number of benzene rings is 2. The zero-order valence-electron chi connectivity index (χ0n) is 12.0. The van der Waals surface area contributed by atoms with E-state index in [1.165, 1.54) is 0 Å². The summed E-state index contributed by atoms with van der Waals surface area (Å²) in [5.41, 5.74) is 3.18. The van der Waals surface area contributed by atoms with Crippen LogP contribution in [0.5, 0.6) is 0 Å². The molecule has 0 saturated heterocycles. The molecule has 0 radical (unpaired) electrons. The molecule has 0 spiro atoms. The third kappa shape index (κ3) is 3.92. The van der Waals surface area contributed by atoms with E-state index in [4.69, 9.17) is 4.74 Å². The maximum absolute atomic E-state index is 11.8. The lowest BCUT2D eigenvalue weighted by Crippen LogP contribution is -2.11. The first-order valence-electron chi connectivity index (χ1n) is 6.72. The smallest absolute Gasteiger partial charge is 0.338 e. The largest absolute Gasteiger partial charge is 0.459 e. The molecule has 2 aromatic rings. The monoisotopic (exact) mass is 283 g/mol. The van der Waals surface area contributed by atoms with Gasteiger partial charge in [0.15, 0.2) is 0 Å². The lowest BCUT2D eigenvalue weighted by molar-refractivity contribution is -0.105. The molecule has 0 atom stereocenters. The van der Waals surface area contributed by atoms with Gasteiger partial charge in [-0.25, -0.2) is 4.79 Å². The number of anilines is 1. The van der Waals surface area contributed by atoms with Crippen molar-refractivity contribution in [2.24, 2.45) is 0 Å². The number of carbonyl (C=O) groups is 2. The zero-order valence-corrected chi connectivity index (χ0v) is 12.0. The van der Waals surface area contributed by atoms with Gasteiger partial charge in [0, 0.05) is 5.69 Å². The predicted octanol–water partition coefficient (Wildman–Crippen LogP) is 3.49. The highest BCUT2D eigenvalue weighted by molar-refractivity contribution is 5.90. The first-order valence-corrected chi connectivity index (χ1v) is 6.72. The molecule has 0 aliphatic rings. The van der Waals surface area contributed by atoms with Crippen LogP contribution < -0.4 is 5.32 Å². The summed E-state index contributed by atoms with van der Waals surface area (Å²) in [6.45, 7) is 3.63. The van der Waals surface area contributed by atoms with Crippen LogP contribution in [-0.2, 0) is 9.53 Å². The minimum Gasteiger partial charge on any atom is -0.459 e. The quantitative estimate of drug-likeness (QED) is 0.675. The minimum atomic E-state index is -0.326. The van der Waals surface area contributed by atoms with Crippen LogP contribution in [0.3, 0.4) is 0 Å². The second-order valence-corrected chi connectivity index (χ2v) is 4.87. The summed E-state index contributed by atoms with van der Waals surface area (Å²) in [6.07, 6.45) is 0.507. The van der Waals surface area contributed by atoms with Gasteiger partial charge in [-0.3, -0.25) is 4.79 Å². The van der Waals surface area contributed by atoms with E-state index in [9.17, 15) is 9.59 Å². The van der Waals surface area contributed by atoms with Crippen LogP contribution in [0.1, 0.15) is 24.2 Å². The zero-order chi connectivity index (χ0) is 15.2. The van der Waals surface area contributed by atoms with Crippen molar-refractivity contribution < 1.29 is 14.3 Å². The van der Waals surface area contributed by atoms with Crippen molar-refractivity contribution >= 4 is 18.1 Å². The summed E-state index contributed by atoms with van der Waals surface area (Å²) in [5.74, 6) is -0.326. The van der Waals surface area contributed by atoms with Crippen LogP contribution >= 0.6 is 0 Å². The average molecular weight is 283 g/mol. The van der Waals surface area contributed by atoms with E-state index in [0.717, 1.165) is 16.8 Å². The summed E-state index contributed by atoms with van der Waals surface area (Å²) in [5, 5.41) is 2.61. The first-order chi connectivity index (χ1) is 10.1. The van der Waals surface area contributed by atoms with Crippen LogP contribution in [0.4, 0.5) is 5.69 Å². The molecule has 0 saturated carbocycles. The highest BCUT2D eigenvalue weighted by Gasteiger charge is 2.09. The van der Waals surface area contributed by atoms with E-state index < -0.39 is 0 Å². The summed E-state index contributed by atoms with van der Waals surface area (Å²) >= 11 is 0. The summed E-state index contributed by atoms with van der Waals surface area (Å²) < 4.78 is 5.15. The molecule has 0 unspecified atom stereocenters. The van der Waals surface area contributed by atoms with Crippen LogP contribution in [0, 0.1) is 0 Å². The van der Waals surface area contributed by atoms with Crippen LogP contribution in [0.15, 0.2) is 48.5 Å². The Bertz CT molecular complexity index is 633. The van der Waals surface area contributed by atoms with Crippen LogP contribution in [0.25, 0.3) is 11.1 Å². The van der Waals surface area contributed by atoms with E-state index >= 15 is 0 Å². The standard InChI is InChI=1S/C17H17NO3/c1-12(2)21-17(20)14-8-6-13(7-9-14)15-4-3-5-16(10-15)18-11-19/h3-12H,1-2H3,(H,18,19). The highest BCUT2D eigenvalue weighted by atomic mass is 16.5. The lowest BCUT2D eigenvalue weighted by atomic mass is 10.0. The predicted molar refractivity (Wildman–Crippen MR) is 82.1 cm³/mol. The number of hydrogen-bond donors (Lipinski definition) is 1. The topological polar surface area (TPSA) is 55.4 Å². The van der Waals surface area contributed by atoms with E-state index in [-0.39, 0.29) is 12.1 Å². The van der Waals surface area contributed by atoms with Gasteiger partial charge in [0.2, 0.25) is 6.41 Å². The molecule has 108 valence electrons.